The number of nitrogens with one attached hydrogen (secondary N) is 1. The van der Waals surface area contributed by atoms with Crippen molar-refractivity contribution in [1.82, 2.24) is 9.97 Å². The Morgan fingerprint density at radius 3 is 2.67 bits per heavy atom. The molecule has 0 saturated carbocycles. The standard InChI is InChI=1S/C12H9N5O/c13-6-9-7-15-10(11(14)18)12(17-9)16-8-4-2-1-3-5-8/h1-5,7H,(H2,14,18)(H,16,17). The van der Waals surface area contributed by atoms with Gasteiger partial charge in [0.25, 0.3) is 5.91 Å². The molecule has 0 aliphatic heterocycles. The molecule has 18 heavy (non-hydrogen) atoms. The maximum Gasteiger partial charge on any atom is 0.271 e. The van der Waals surface area contributed by atoms with Gasteiger partial charge in [0.1, 0.15) is 6.07 Å². The average Bonchev–Trinajstić information content (AvgIpc) is 2.39. The van der Waals surface area contributed by atoms with E-state index in [0.717, 1.165) is 5.69 Å². The Hall–Kier alpha value is -2.94. The zero-order chi connectivity index (χ0) is 13.0. The number of benzene rings is 1. The van der Waals surface area contributed by atoms with E-state index in [0.29, 0.717) is 0 Å². The molecule has 2 aromatic rings. The Morgan fingerprint density at radius 2 is 2.06 bits per heavy atom. The predicted octanol–water partition coefficient (Wildman–Crippen LogP) is 1.19. The number of anilines is 2. The summed E-state index contributed by atoms with van der Waals surface area (Å²) >= 11 is 0. The third-order valence-electron chi connectivity index (χ3n) is 2.16. The summed E-state index contributed by atoms with van der Waals surface area (Å²) in [5.74, 6) is -0.529. The van der Waals surface area contributed by atoms with Crippen molar-refractivity contribution in [2.24, 2.45) is 5.73 Å². The maximum atomic E-state index is 11.2. The molecule has 0 fully saturated rings. The number of amides is 1. The fourth-order valence-corrected chi connectivity index (χ4v) is 1.37. The number of nitrogens with zero attached hydrogens (tertiary/aromatic N) is 3. The SMILES string of the molecule is N#Cc1cnc(C(N)=O)c(Nc2ccccc2)n1. The lowest BCUT2D eigenvalue weighted by molar-refractivity contribution is 0.0996. The molecule has 88 valence electrons. The van der Waals surface area contributed by atoms with E-state index < -0.39 is 5.91 Å². The molecule has 0 bridgehead atoms. The van der Waals surface area contributed by atoms with E-state index in [-0.39, 0.29) is 17.2 Å². The summed E-state index contributed by atoms with van der Waals surface area (Å²) in [4.78, 5) is 19.0. The average molecular weight is 239 g/mol. The number of rotatable bonds is 3. The van der Waals surface area contributed by atoms with Gasteiger partial charge in [-0.25, -0.2) is 9.97 Å². The maximum absolute atomic E-state index is 11.2. The van der Waals surface area contributed by atoms with Gasteiger partial charge >= 0.3 is 0 Å². The largest absolute Gasteiger partial charge is 0.364 e. The van der Waals surface area contributed by atoms with Crippen LogP contribution in [-0.2, 0) is 0 Å². The lowest BCUT2D eigenvalue weighted by atomic mass is 10.3. The van der Waals surface area contributed by atoms with E-state index in [1.165, 1.54) is 6.20 Å². The summed E-state index contributed by atoms with van der Waals surface area (Å²) in [6.45, 7) is 0. The first-order chi connectivity index (χ1) is 8.70. The molecule has 1 heterocycles. The van der Waals surface area contributed by atoms with Crippen molar-refractivity contribution in [3.8, 4) is 6.07 Å². The van der Waals surface area contributed by atoms with Crippen LogP contribution in [0.3, 0.4) is 0 Å². The summed E-state index contributed by atoms with van der Waals surface area (Å²) in [7, 11) is 0. The number of hydrogen-bond acceptors (Lipinski definition) is 5. The normalized spacial score (nSPS) is 9.50. The van der Waals surface area contributed by atoms with Crippen LogP contribution in [0.5, 0.6) is 0 Å². The van der Waals surface area contributed by atoms with Crippen molar-refractivity contribution in [2.75, 3.05) is 5.32 Å². The molecule has 0 unspecified atom stereocenters. The summed E-state index contributed by atoms with van der Waals surface area (Å²) in [5.41, 5.74) is 6.03. The third-order valence-corrected chi connectivity index (χ3v) is 2.16. The molecule has 1 aromatic heterocycles. The van der Waals surface area contributed by atoms with Crippen LogP contribution in [0.15, 0.2) is 36.5 Å². The fourth-order valence-electron chi connectivity index (χ4n) is 1.37. The predicted molar refractivity (Wildman–Crippen MR) is 65.0 cm³/mol. The van der Waals surface area contributed by atoms with E-state index >= 15 is 0 Å². The van der Waals surface area contributed by atoms with E-state index in [9.17, 15) is 4.79 Å². The Balaban J connectivity index is 2.42. The van der Waals surface area contributed by atoms with Crippen molar-refractivity contribution in [3.63, 3.8) is 0 Å². The van der Waals surface area contributed by atoms with Crippen molar-refractivity contribution < 1.29 is 4.79 Å². The molecular weight excluding hydrogens is 230 g/mol. The number of aromatic nitrogens is 2. The van der Waals surface area contributed by atoms with Crippen molar-refractivity contribution in [1.29, 1.82) is 5.26 Å². The minimum atomic E-state index is -0.703. The number of carbonyl (C=O) groups excluding carboxylic acids is 1. The van der Waals surface area contributed by atoms with Crippen molar-refractivity contribution in [3.05, 3.63) is 47.9 Å². The Morgan fingerprint density at radius 1 is 1.33 bits per heavy atom. The second-order valence-electron chi connectivity index (χ2n) is 3.42. The quantitative estimate of drug-likeness (QED) is 0.837. The highest BCUT2D eigenvalue weighted by atomic mass is 16.1. The first-order valence-corrected chi connectivity index (χ1v) is 5.09. The second-order valence-corrected chi connectivity index (χ2v) is 3.42. The van der Waals surface area contributed by atoms with Crippen molar-refractivity contribution in [2.45, 2.75) is 0 Å². The van der Waals surface area contributed by atoms with Gasteiger partial charge in [0.05, 0.1) is 6.20 Å². The molecule has 0 atom stereocenters. The highest BCUT2D eigenvalue weighted by Gasteiger charge is 2.12. The Bertz CT molecular complexity index is 618. The number of nitrogens with two attached hydrogens (primary N) is 1. The monoisotopic (exact) mass is 239 g/mol. The van der Waals surface area contributed by atoms with Gasteiger partial charge in [-0.2, -0.15) is 5.26 Å². The molecule has 6 nitrogen and oxygen atoms in total. The van der Waals surface area contributed by atoms with Crippen LogP contribution in [0.1, 0.15) is 16.2 Å². The third kappa shape index (κ3) is 2.41. The van der Waals surface area contributed by atoms with Crippen LogP contribution in [0, 0.1) is 11.3 Å². The van der Waals surface area contributed by atoms with Gasteiger partial charge in [0, 0.05) is 5.69 Å². The number of hydrogen-bond donors (Lipinski definition) is 2. The Labute approximate surface area is 103 Å². The zero-order valence-corrected chi connectivity index (χ0v) is 9.29. The van der Waals surface area contributed by atoms with Crippen molar-refractivity contribution >= 4 is 17.4 Å². The number of nitriles is 1. The molecule has 3 N–H and O–H groups in total. The van der Waals surface area contributed by atoms with Crippen LogP contribution in [0.25, 0.3) is 0 Å². The minimum absolute atomic E-state index is 0.00199. The number of para-hydroxylation sites is 1. The van der Waals surface area contributed by atoms with Gasteiger partial charge < -0.3 is 11.1 Å². The van der Waals surface area contributed by atoms with Crippen LogP contribution in [0.2, 0.25) is 0 Å². The van der Waals surface area contributed by atoms with Gasteiger partial charge in [0.15, 0.2) is 17.2 Å². The lowest BCUT2D eigenvalue weighted by Crippen LogP contribution is -2.16. The van der Waals surface area contributed by atoms with Gasteiger partial charge in [-0.05, 0) is 12.1 Å². The second kappa shape index (κ2) is 4.93. The van der Waals surface area contributed by atoms with E-state index in [4.69, 9.17) is 11.0 Å². The molecule has 2 rings (SSSR count). The first kappa shape index (κ1) is 11.5. The Kier molecular flexibility index (Phi) is 3.16. The molecule has 0 radical (unpaired) electrons. The highest BCUT2D eigenvalue weighted by Crippen LogP contribution is 2.16. The van der Waals surface area contributed by atoms with Gasteiger partial charge in [0.2, 0.25) is 0 Å². The van der Waals surface area contributed by atoms with E-state index in [2.05, 4.69) is 15.3 Å². The van der Waals surface area contributed by atoms with Crippen LogP contribution in [0.4, 0.5) is 11.5 Å². The number of carbonyl (C=O) groups is 1. The summed E-state index contributed by atoms with van der Waals surface area (Å²) in [5, 5.41) is 11.7. The summed E-state index contributed by atoms with van der Waals surface area (Å²) in [6.07, 6.45) is 1.20. The number of primary amides is 1. The lowest BCUT2D eigenvalue weighted by Gasteiger charge is -2.08. The topological polar surface area (TPSA) is 105 Å². The van der Waals surface area contributed by atoms with E-state index in [1.807, 2.05) is 24.3 Å². The first-order valence-electron chi connectivity index (χ1n) is 5.09. The molecule has 6 heteroatoms. The molecule has 0 aliphatic carbocycles. The molecular formula is C12H9N5O. The minimum Gasteiger partial charge on any atom is -0.364 e. The summed E-state index contributed by atoms with van der Waals surface area (Å²) in [6, 6.07) is 11.0. The molecule has 0 spiro atoms. The molecule has 0 saturated heterocycles. The fraction of sp³-hybridized carbons (Fsp3) is 0. The van der Waals surface area contributed by atoms with Crippen LogP contribution < -0.4 is 11.1 Å². The highest BCUT2D eigenvalue weighted by molar-refractivity contribution is 5.96. The van der Waals surface area contributed by atoms with Crippen LogP contribution >= 0.6 is 0 Å². The van der Waals surface area contributed by atoms with Gasteiger partial charge in [-0.3, -0.25) is 4.79 Å². The molecule has 1 amide bonds. The van der Waals surface area contributed by atoms with Gasteiger partial charge in [-0.1, -0.05) is 18.2 Å². The van der Waals surface area contributed by atoms with Gasteiger partial charge in [-0.15, -0.1) is 0 Å². The zero-order valence-electron chi connectivity index (χ0n) is 9.29. The smallest absolute Gasteiger partial charge is 0.271 e. The molecule has 1 aromatic carbocycles. The summed E-state index contributed by atoms with van der Waals surface area (Å²) < 4.78 is 0. The van der Waals surface area contributed by atoms with E-state index in [1.54, 1.807) is 12.1 Å². The molecule has 0 aliphatic rings. The van der Waals surface area contributed by atoms with Crippen LogP contribution in [-0.4, -0.2) is 15.9 Å².